The molecule has 8 nitrogen and oxygen atoms in total. The number of H-pyrrole nitrogens is 1. The Morgan fingerprint density at radius 3 is 2.69 bits per heavy atom. The molecule has 0 radical (unpaired) electrons. The molecule has 0 aliphatic carbocycles. The van der Waals surface area contributed by atoms with Gasteiger partial charge in [0.1, 0.15) is 5.56 Å². The van der Waals surface area contributed by atoms with Crippen molar-refractivity contribution < 1.29 is 27.7 Å². The number of hydrogen-bond acceptors (Lipinski definition) is 6. The Bertz CT molecular complexity index is 851. The molecule has 3 rings (SSSR count). The van der Waals surface area contributed by atoms with E-state index in [1.54, 1.807) is 23.2 Å². The van der Waals surface area contributed by atoms with Crippen LogP contribution in [-0.4, -0.2) is 68.5 Å². The lowest BCUT2D eigenvalue weighted by Crippen LogP contribution is -2.48. The highest BCUT2D eigenvalue weighted by Gasteiger charge is 2.37. The molecule has 0 spiro atoms. The number of rotatable bonds is 7. The fourth-order valence-electron chi connectivity index (χ4n) is 4.08. The maximum atomic E-state index is 12.9. The van der Waals surface area contributed by atoms with Gasteiger partial charge in [-0.2, -0.15) is 0 Å². The molecule has 2 saturated heterocycles. The van der Waals surface area contributed by atoms with Crippen LogP contribution in [0.1, 0.15) is 49.9 Å². The van der Waals surface area contributed by atoms with Gasteiger partial charge in [-0.15, -0.1) is 0 Å². The lowest BCUT2D eigenvalue weighted by atomic mass is 10.1. The summed E-state index contributed by atoms with van der Waals surface area (Å²) < 4.78 is 29.1. The third-order valence-electron chi connectivity index (χ3n) is 5.76. The fourth-order valence-corrected chi connectivity index (χ4v) is 5.79. The molecule has 2 aliphatic heterocycles. The smallest absolute Gasteiger partial charge is 0.347 e. The molecule has 1 aromatic rings. The number of esters is 1. The maximum absolute atomic E-state index is 12.9. The Morgan fingerprint density at radius 2 is 2.07 bits per heavy atom. The summed E-state index contributed by atoms with van der Waals surface area (Å²) in [6.45, 7) is 5.19. The number of pyridine rings is 1. The quantitative estimate of drug-likeness (QED) is 0.608. The van der Waals surface area contributed by atoms with E-state index in [1.165, 1.54) is 0 Å². The number of sulfone groups is 1. The third kappa shape index (κ3) is 5.07. The molecule has 0 saturated carbocycles. The van der Waals surface area contributed by atoms with E-state index in [2.05, 4.69) is 9.88 Å². The van der Waals surface area contributed by atoms with Crippen molar-refractivity contribution in [3.8, 4) is 0 Å². The van der Waals surface area contributed by atoms with E-state index in [0.29, 0.717) is 24.2 Å². The first kappa shape index (κ1) is 21.5. The van der Waals surface area contributed by atoms with Gasteiger partial charge in [0.25, 0.3) is 11.7 Å². The van der Waals surface area contributed by atoms with Gasteiger partial charge in [-0.3, -0.25) is 9.69 Å². The van der Waals surface area contributed by atoms with Crippen molar-refractivity contribution in [3.63, 3.8) is 0 Å². The predicted molar refractivity (Wildman–Crippen MR) is 108 cm³/mol. The van der Waals surface area contributed by atoms with Gasteiger partial charge < -0.3 is 9.64 Å². The number of amides is 1. The van der Waals surface area contributed by atoms with E-state index in [0.717, 1.165) is 25.9 Å². The largest absolute Gasteiger partial charge is 0.452 e. The van der Waals surface area contributed by atoms with Gasteiger partial charge >= 0.3 is 5.97 Å². The highest BCUT2D eigenvalue weighted by molar-refractivity contribution is 7.91. The SMILES string of the molecule is CC[C@H](C)N(C(=O)COC(=O)c1ccc[nH+]c1N1CCCC1)[C@H]1CCS(=O)(=O)C1. The van der Waals surface area contributed by atoms with Crippen LogP contribution >= 0.6 is 0 Å². The molecule has 2 atom stereocenters. The van der Waals surface area contributed by atoms with Crippen molar-refractivity contribution in [2.45, 2.75) is 51.6 Å². The zero-order valence-corrected chi connectivity index (χ0v) is 17.9. The summed E-state index contributed by atoms with van der Waals surface area (Å²) >= 11 is 0. The highest BCUT2D eigenvalue weighted by atomic mass is 32.2. The van der Waals surface area contributed by atoms with E-state index in [4.69, 9.17) is 4.74 Å². The van der Waals surface area contributed by atoms with Crippen molar-refractivity contribution in [3.05, 3.63) is 23.9 Å². The van der Waals surface area contributed by atoms with Crippen molar-refractivity contribution in [2.75, 3.05) is 36.1 Å². The van der Waals surface area contributed by atoms with E-state index in [9.17, 15) is 18.0 Å². The minimum atomic E-state index is -3.12. The van der Waals surface area contributed by atoms with Crippen LogP contribution in [0.3, 0.4) is 0 Å². The van der Waals surface area contributed by atoms with Gasteiger partial charge in [-0.1, -0.05) is 6.92 Å². The van der Waals surface area contributed by atoms with Crippen molar-refractivity contribution in [1.29, 1.82) is 0 Å². The van der Waals surface area contributed by atoms with Gasteiger partial charge in [-0.25, -0.2) is 18.2 Å². The number of ether oxygens (including phenoxy) is 1. The average molecular weight is 425 g/mol. The van der Waals surface area contributed by atoms with Crippen LogP contribution < -0.4 is 9.88 Å². The Balaban J connectivity index is 1.68. The summed E-state index contributed by atoms with van der Waals surface area (Å²) in [7, 11) is -3.12. The number of carbonyl (C=O) groups excluding carboxylic acids is 2. The molecule has 9 heteroatoms. The second-order valence-electron chi connectivity index (χ2n) is 7.82. The van der Waals surface area contributed by atoms with Gasteiger partial charge in [0.05, 0.1) is 30.8 Å². The molecule has 1 N–H and O–H groups in total. The number of hydrogen-bond donors (Lipinski definition) is 0. The van der Waals surface area contributed by atoms with Gasteiger partial charge in [-0.05, 0) is 44.7 Å². The van der Waals surface area contributed by atoms with E-state index in [-0.39, 0.29) is 29.5 Å². The van der Waals surface area contributed by atoms with Crippen LogP contribution in [0.5, 0.6) is 0 Å². The summed E-state index contributed by atoms with van der Waals surface area (Å²) in [5.74, 6) is -0.124. The Kier molecular flexibility index (Phi) is 6.77. The van der Waals surface area contributed by atoms with Crippen molar-refractivity contribution in [2.24, 2.45) is 0 Å². The minimum Gasteiger partial charge on any atom is -0.452 e. The van der Waals surface area contributed by atoms with Crippen LogP contribution in [0.4, 0.5) is 5.82 Å². The monoisotopic (exact) mass is 424 g/mol. The maximum Gasteiger partial charge on any atom is 0.347 e. The number of nitrogens with zero attached hydrogens (tertiary/aromatic N) is 2. The van der Waals surface area contributed by atoms with Crippen molar-refractivity contribution >= 4 is 27.5 Å². The molecule has 29 heavy (non-hydrogen) atoms. The normalized spacial score (nSPS) is 21.7. The lowest BCUT2D eigenvalue weighted by Gasteiger charge is -2.33. The van der Waals surface area contributed by atoms with Crippen LogP contribution in [0, 0.1) is 0 Å². The molecule has 1 amide bonds. The predicted octanol–water partition coefficient (Wildman–Crippen LogP) is 1.07. The Hall–Kier alpha value is -2.16. The molecular weight excluding hydrogens is 394 g/mol. The van der Waals surface area contributed by atoms with Crippen LogP contribution in [0.25, 0.3) is 0 Å². The summed E-state index contributed by atoms with van der Waals surface area (Å²) in [5, 5.41) is 0. The summed E-state index contributed by atoms with van der Waals surface area (Å²) in [6.07, 6.45) is 5.04. The van der Waals surface area contributed by atoms with E-state index >= 15 is 0 Å². The fraction of sp³-hybridized carbons (Fsp3) is 0.650. The van der Waals surface area contributed by atoms with E-state index < -0.39 is 22.4 Å². The molecule has 3 heterocycles. The minimum absolute atomic E-state index is 0.0240. The lowest BCUT2D eigenvalue weighted by molar-refractivity contribution is -0.364. The zero-order chi connectivity index (χ0) is 21.0. The van der Waals surface area contributed by atoms with Crippen LogP contribution in [-0.2, 0) is 19.4 Å². The molecule has 2 fully saturated rings. The second kappa shape index (κ2) is 9.11. The average Bonchev–Trinajstić information content (AvgIpc) is 3.36. The van der Waals surface area contributed by atoms with Crippen LogP contribution in [0.15, 0.2) is 18.3 Å². The molecular formula is C20H30N3O5S+. The second-order valence-corrected chi connectivity index (χ2v) is 10.0. The molecule has 1 aromatic heterocycles. The number of aromatic amines is 1. The third-order valence-corrected chi connectivity index (χ3v) is 7.51. The summed E-state index contributed by atoms with van der Waals surface area (Å²) in [4.78, 5) is 32.3. The van der Waals surface area contributed by atoms with Gasteiger partial charge in [0.15, 0.2) is 16.4 Å². The molecule has 2 aliphatic rings. The first-order chi connectivity index (χ1) is 13.8. The molecule has 0 unspecified atom stereocenters. The molecule has 160 valence electrons. The van der Waals surface area contributed by atoms with Crippen LogP contribution in [0.2, 0.25) is 0 Å². The summed E-state index contributed by atoms with van der Waals surface area (Å²) in [6, 6.07) is 2.94. The first-order valence-corrected chi connectivity index (χ1v) is 12.1. The van der Waals surface area contributed by atoms with Gasteiger partial charge in [0.2, 0.25) is 0 Å². The van der Waals surface area contributed by atoms with Gasteiger partial charge in [0, 0.05) is 12.1 Å². The van der Waals surface area contributed by atoms with E-state index in [1.807, 2.05) is 13.8 Å². The summed E-state index contributed by atoms with van der Waals surface area (Å²) in [5.41, 5.74) is 0.403. The molecule has 0 bridgehead atoms. The number of aromatic nitrogens is 1. The first-order valence-electron chi connectivity index (χ1n) is 10.3. The highest BCUT2D eigenvalue weighted by Crippen LogP contribution is 2.23. The van der Waals surface area contributed by atoms with Crippen molar-refractivity contribution in [1.82, 2.24) is 4.90 Å². The number of carbonyl (C=O) groups is 2. The Morgan fingerprint density at radius 1 is 1.34 bits per heavy atom. The topological polar surface area (TPSA) is 98.1 Å². The number of nitrogens with one attached hydrogen (secondary N) is 1. The molecule has 0 aromatic carbocycles. The number of anilines is 1. The standard InChI is InChI=1S/C20H29N3O5S/c1-3-15(2)23(16-8-12-29(26,27)14-16)18(24)13-28-20(25)17-7-6-9-21-19(17)22-10-4-5-11-22/h6-7,9,15-16H,3-5,8,10-14H2,1-2H3/p+1/t15-,16-/m0/s1. The Labute approximate surface area is 172 Å². The zero-order valence-electron chi connectivity index (χ0n) is 17.1.